The number of amides is 1. The molecule has 0 aliphatic carbocycles. The van der Waals surface area contributed by atoms with Crippen LogP contribution in [-0.2, 0) is 17.7 Å². The van der Waals surface area contributed by atoms with Gasteiger partial charge in [-0.2, -0.15) is 9.37 Å². The van der Waals surface area contributed by atoms with Crippen molar-refractivity contribution >= 4 is 17.4 Å². The topological polar surface area (TPSA) is 117 Å². The fourth-order valence-corrected chi connectivity index (χ4v) is 5.63. The molecule has 40 heavy (non-hydrogen) atoms. The Morgan fingerprint density at radius 2 is 1.75 bits per heavy atom. The maximum absolute atomic E-state index is 15.2. The first-order valence-electron chi connectivity index (χ1n) is 13.5. The lowest BCUT2D eigenvalue weighted by atomic mass is 9.95. The van der Waals surface area contributed by atoms with Crippen molar-refractivity contribution in [3.8, 4) is 22.5 Å². The highest BCUT2D eigenvalue weighted by molar-refractivity contribution is 5.97. The number of fused-ring (bicyclic) bond motifs is 1. The van der Waals surface area contributed by atoms with E-state index in [1.807, 2.05) is 18.2 Å². The van der Waals surface area contributed by atoms with Gasteiger partial charge in [0.15, 0.2) is 5.82 Å². The van der Waals surface area contributed by atoms with E-state index in [1.165, 1.54) is 18.9 Å². The van der Waals surface area contributed by atoms with Crippen molar-refractivity contribution < 1.29 is 23.4 Å². The van der Waals surface area contributed by atoms with E-state index in [0.29, 0.717) is 42.9 Å². The van der Waals surface area contributed by atoms with Crippen LogP contribution in [0.15, 0.2) is 30.3 Å². The van der Waals surface area contributed by atoms with Crippen LogP contribution in [0.1, 0.15) is 34.3 Å². The lowest BCUT2D eigenvalue weighted by molar-refractivity contribution is 0.0941. The Bertz CT molecular complexity index is 1390. The van der Waals surface area contributed by atoms with E-state index in [9.17, 15) is 9.18 Å². The van der Waals surface area contributed by atoms with Crippen LogP contribution in [0.2, 0.25) is 0 Å². The number of aliphatic hydroxyl groups excluding tert-OH is 1. The summed E-state index contributed by atoms with van der Waals surface area (Å²) >= 11 is 0. The average Bonchev–Trinajstić information content (AvgIpc) is 3.48. The minimum absolute atomic E-state index is 0.0270. The van der Waals surface area contributed by atoms with Crippen molar-refractivity contribution in [1.82, 2.24) is 20.2 Å². The number of rotatable bonds is 5. The van der Waals surface area contributed by atoms with Crippen LogP contribution in [0.25, 0.3) is 22.5 Å². The molecule has 11 heteroatoms. The Morgan fingerprint density at radius 1 is 1.00 bits per heavy atom. The number of aliphatic hydroxyl groups is 1. The normalized spacial score (nSPS) is 17.2. The molecule has 2 aromatic carbocycles. The van der Waals surface area contributed by atoms with Crippen molar-refractivity contribution in [3.05, 3.63) is 58.8 Å². The molecule has 3 aromatic rings. The summed E-state index contributed by atoms with van der Waals surface area (Å²) in [6.45, 7) is 6.19. The van der Waals surface area contributed by atoms with E-state index in [-0.39, 0.29) is 22.8 Å². The highest BCUT2D eigenvalue weighted by Gasteiger charge is 2.25. The van der Waals surface area contributed by atoms with Crippen molar-refractivity contribution in [3.63, 3.8) is 0 Å². The second kappa shape index (κ2) is 12.2. The van der Waals surface area contributed by atoms with Gasteiger partial charge in [-0.25, -0.2) is 9.37 Å². The summed E-state index contributed by atoms with van der Waals surface area (Å²) in [6.07, 6.45) is 2.83. The number of anilines is 2. The SMILES string of the molecule is CO.Nc1nc(F)c(-c2ccc(N3CCOCC3)c(CN3CCCC3)c2)nc1-c1cc(F)c2c(c1)CCNC2=O. The predicted molar refractivity (Wildman–Crippen MR) is 149 cm³/mol. The summed E-state index contributed by atoms with van der Waals surface area (Å²) < 4.78 is 35.7. The Morgan fingerprint density at radius 3 is 2.50 bits per heavy atom. The van der Waals surface area contributed by atoms with Crippen LogP contribution in [0.4, 0.5) is 20.3 Å². The van der Waals surface area contributed by atoms with E-state index >= 15 is 4.39 Å². The number of benzene rings is 2. The smallest absolute Gasteiger partial charge is 0.254 e. The second-order valence-electron chi connectivity index (χ2n) is 10.0. The van der Waals surface area contributed by atoms with Gasteiger partial charge in [0.1, 0.15) is 17.2 Å². The fraction of sp³-hybridized carbons (Fsp3) is 0.414. The molecule has 9 nitrogen and oxygen atoms in total. The number of nitrogens with one attached hydrogen (secondary N) is 1. The zero-order valence-electron chi connectivity index (χ0n) is 22.6. The number of ether oxygens (including phenoxy) is 1. The molecule has 1 amide bonds. The third-order valence-corrected chi connectivity index (χ3v) is 7.53. The molecule has 3 aliphatic rings. The third-order valence-electron chi connectivity index (χ3n) is 7.53. The molecule has 0 bridgehead atoms. The molecule has 2 saturated heterocycles. The van der Waals surface area contributed by atoms with Crippen LogP contribution < -0.4 is 16.0 Å². The number of carbonyl (C=O) groups excluding carboxylic acids is 1. The number of morpholine rings is 1. The maximum Gasteiger partial charge on any atom is 0.254 e. The van der Waals surface area contributed by atoms with E-state index in [0.717, 1.165) is 51.1 Å². The molecule has 4 N–H and O–H groups in total. The monoisotopic (exact) mass is 552 g/mol. The number of hydrogen-bond acceptors (Lipinski definition) is 8. The number of aromatic nitrogens is 2. The molecule has 0 spiro atoms. The van der Waals surface area contributed by atoms with E-state index in [2.05, 4.69) is 25.1 Å². The Balaban J connectivity index is 0.00000158. The van der Waals surface area contributed by atoms with Crippen LogP contribution >= 0.6 is 0 Å². The average molecular weight is 553 g/mol. The maximum atomic E-state index is 15.2. The summed E-state index contributed by atoms with van der Waals surface area (Å²) in [4.78, 5) is 25.3. The summed E-state index contributed by atoms with van der Waals surface area (Å²) in [7, 11) is 1.00. The van der Waals surface area contributed by atoms with Gasteiger partial charge in [0.25, 0.3) is 5.91 Å². The molecule has 3 aliphatic heterocycles. The fourth-order valence-electron chi connectivity index (χ4n) is 5.63. The lowest BCUT2D eigenvalue weighted by Crippen LogP contribution is -2.37. The van der Waals surface area contributed by atoms with Gasteiger partial charge >= 0.3 is 0 Å². The minimum atomic E-state index is -0.782. The molecule has 4 heterocycles. The number of nitrogens with two attached hydrogens (primary N) is 1. The number of halogens is 2. The van der Waals surface area contributed by atoms with Gasteiger partial charge in [-0.3, -0.25) is 9.69 Å². The zero-order valence-corrected chi connectivity index (χ0v) is 22.6. The van der Waals surface area contributed by atoms with E-state index in [4.69, 9.17) is 15.6 Å². The van der Waals surface area contributed by atoms with Gasteiger partial charge in [-0.05, 0) is 67.7 Å². The van der Waals surface area contributed by atoms with Crippen LogP contribution in [0.5, 0.6) is 0 Å². The van der Waals surface area contributed by atoms with Crippen LogP contribution in [-0.4, -0.2) is 78.9 Å². The standard InChI is InChI=1S/C28H30F2N6O2.CH4O/c29-21-15-19(13-17-5-6-32-28(37)23(17)21)25-27(31)34-26(30)24(33-25)18-3-4-22(36-9-11-38-12-10-36)20(14-18)16-35-7-1-2-8-35;1-2/h3-4,13-15H,1-2,5-12,16H2,(H2,31,34)(H,32,37);2H,1H3. The molecule has 0 saturated carbocycles. The molecule has 2 fully saturated rings. The van der Waals surface area contributed by atoms with Crippen molar-refractivity contribution in [2.75, 3.05) is 63.7 Å². The second-order valence-corrected chi connectivity index (χ2v) is 10.0. The first-order valence-corrected chi connectivity index (χ1v) is 13.5. The molecule has 212 valence electrons. The number of carbonyl (C=O) groups is 1. The van der Waals surface area contributed by atoms with Gasteiger partial charge in [-0.1, -0.05) is 6.07 Å². The molecular formula is C29H34F2N6O3. The lowest BCUT2D eigenvalue weighted by Gasteiger charge is -2.31. The Hall–Kier alpha value is -3.67. The Labute approximate surface area is 232 Å². The van der Waals surface area contributed by atoms with E-state index in [1.54, 1.807) is 6.07 Å². The van der Waals surface area contributed by atoms with Gasteiger partial charge in [0, 0.05) is 50.1 Å². The first kappa shape index (κ1) is 27.9. The summed E-state index contributed by atoms with van der Waals surface area (Å²) in [5.74, 6) is -2.02. The number of likely N-dealkylation sites (tertiary alicyclic amines) is 1. The van der Waals surface area contributed by atoms with Crippen molar-refractivity contribution in [2.45, 2.75) is 25.8 Å². The van der Waals surface area contributed by atoms with Crippen LogP contribution in [0, 0.1) is 11.8 Å². The molecular weight excluding hydrogens is 518 g/mol. The Kier molecular flexibility index (Phi) is 8.53. The first-order chi connectivity index (χ1) is 19.5. The summed E-state index contributed by atoms with van der Waals surface area (Å²) in [6, 6.07) is 8.75. The highest BCUT2D eigenvalue weighted by atomic mass is 19.1. The molecule has 1 aromatic heterocycles. The van der Waals surface area contributed by atoms with Gasteiger partial charge in [0.2, 0.25) is 5.95 Å². The highest BCUT2D eigenvalue weighted by Crippen LogP contribution is 2.34. The van der Waals surface area contributed by atoms with Crippen molar-refractivity contribution in [2.24, 2.45) is 0 Å². The van der Waals surface area contributed by atoms with Gasteiger partial charge in [0.05, 0.1) is 18.8 Å². The number of hydrogen-bond donors (Lipinski definition) is 3. The molecule has 0 atom stereocenters. The van der Waals surface area contributed by atoms with Gasteiger partial charge in [-0.15, -0.1) is 0 Å². The largest absolute Gasteiger partial charge is 0.400 e. The predicted octanol–water partition coefficient (Wildman–Crippen LogP) is 3.00. The van der Waals surface area contributed by atoms with Gasteiger partial charge < -0.3 is 25.8 Å². The molecule has 6 rings (SSSR count). The zero-order chi connectivity index (χ0) is 28.2. The number of nitrogen functional groups attached to an aromatic ring is 1. The molecule has 0 unspecified atom stereocenters. The minimum Gasteiger partial charge on any atom is -0.400 e. The van der Waals surface area contributed by atoms with E-state index < -0.39 is 17.7 Å². The summed E-state index contributed by atoms with van der Waals surface area (Å²) in [5, 5.41) is 9.65. The molecule has 0 radical (unpaired) electrons. The van der Waals surface area contributed by atoms with Crippen LogP contribution in [0.3, 0.4) is 0 Å². The third kappa shape index (κ3) is 5.63. The quantitative estimate of drug-likeness (QED) is 0.443. The van der Waals surface area contributed by atoms with Crippen molar-refractivity contribution in [1.29, 1.82) is 0 Å². The summed E-state index contributed by atoms with van der Waals surface area (Å²) in [5.41, 5.74) is 10.1. The number of nitrogens with zero attached hydrogens (tertiary/aromatic N) is 4.